The molecule has 1 aromatic rings. The molecule has 19 heavy (non-hydrogen) atoms. The number of ether oxygens (including phenoxy) is 2. The third-order valence-corrected chi connectivity index (χ3v) is 3.88. The van der Waals surface area contributed by atoms with Crippen LogP contribution in [0.25, 0.3) is 0 Å². The van der Waals surface area contributed by atoms with Crippen molar-refractivity contribution >= 4 is 0 Å². The van der Waals surface area contributed by atoms with E-state index in [0.29, 0.717) is 6.42 Å². The summed E-state index contributed by atoms with van der Waals surface area (Å²) in [5.41, 5.74) is 0.658. The Hall–Kier alpha value is -1.22. The number of hydrogen-bond donors (Lipinski definition) is 1. The number of methoxy groups -OCH3 is 1. The Morgan fingerprint density at radius 2 is 2.00 bits per heavy atom. The molecule has 0 amide bonds. The van der Waals surface area contributed by atoms with Gasteiger partial charge in [-0.05, 0) is 25.0 Å². The van der Waals surface area contributed by atoms with Crippen molar-refractivity contribution < 1.29 is 14.6 Å². The maximum Gasteiger partial charge on any atom is 0.129 e. The Bertz CT molecular complexity index is 422. The van der Waals surface area contributed by atoms with E-state index >= 15 is 0 Å². The highest BCUT2D eigenvalue weighted by molar-refractivity contribution is 5.44. The third-order valence-electron chi connectivity index (χ3n) is 3.88. The first-order chi connectivity index (χ1) is 9.14. The van der Waals surface area contributed by atoms with Crippen LogP contribution in [0.5, 0.6) is 11.5 Å². The van der Waals surface area contributed by atoms with Gasteiger partial charge in [0.15, 0.2) is 0 Å². The minimum Gasteiger partial charge on any atom is -0.497 e. The van der Waals surface area contributed by atoms with Gasteiger partial charge in [-0.2, -0.15) is 0 Å². The van der Waals surface area contributed by atoms with Gasteiger partial charge in [0.25, 0.3) is 0 Å². The predicted octanol–water partition coefficient (Wildman–Crippen LogP) is 3.85. The van der Waals surface area contributed by atoms with Crippen molar-refractivity contribution in [3.63, 3.8) is 0 Å². The topological polar surface area (TPSA) is 38.7 Å². The fraction of sp³-hybridized carbons (Fsp3) is 0.625. The van der Waals surface area contributed by atoms with Crippen LogP contribution in [0, 0.1) is 0 Å². The number of aliphatic hydroxyl groups is 1. The number of benzene rings is 1. The summed E-state index contributed by atoms with van der Waals surface area (Å²) in [5.74, 6) is 1.55. The van der Waals surface area contributed by atoms with E-state index in [4.69, 9.17) is 9.47 Å². The van der Waals surface area contributed by atoms with Gasteiger partial charge in [0, 0.05) is 18.1 Å². The van der Waals surface area contributed by atoms with Gasteiger partial charge in [-0.1, -0.05) is 26.7 Å². The zero-order valence-electron chi connectivity index (χ0n) is 12.1. The van der Waals surface area contributed by atoms with Gasteiger partial charge < -0.3 is 14.6 Å². The van der Waals surface area contributed by atoms with E-state index in [0.717, 1.165) is 42.7 Å². The van der Waals surface area contributed by atoms with Crippen LogP contribution in [0.2, 0.25) is 0 Å². The van der Waals surface area contributed by atoms with Crippen molar-refractivity contribution in [2.24, 2.45) is 0 Å². The quantitative estimate of drug-likeness (QED) is 0.878. The maximum atomic E-state index is 10.4. The van der Waals surface area contributed by atoms with Gasteiger partial charge in [-0.3, -0.25) is 0 Å². The molecule has 0 bridgehead atoms. The largest absolute Gasteiger partial charge is 0.497 e. The lowest BCUT2D eigenvalue weighted by molar-refractivity contribution is -0.0269. The number of rotatable bonds is 5. The molecule has 3 heteroatoms. The van der Waals surface area contributed by atoms with E-state index in [2.05, 4.69) is 13.8 Å². The zero-order valence-corrected chi connectivity index (χ0v) is 12.1. The SMILES string of the molecule is CCCC1(CCC)C[C@H](O)c2ccc(OC)cc2O1. The van der Waals surface area contributed by atoms with Crippen molar-refractivity contribution in [2.75, 3.05) is 7.11 Å². The normalized spacial score (nSPS) is 20.5. The molecule has 106 valence electrons. The van der Waals surface area contributed by atoms with E-state index in [1.54, 1.807) is 7.11 Å². The third kappa shape index (κ3) is 2.86. The molecule has 2 rings (SSSR count). The smallest absolute Gasteiger partial charge is 0.129 e. The van der Waals surface area contributed by atoms with E-state index in [1.165, 1.54) is 0 Å². The van der Waals surface area contributed by atoms with Crippen molar-refractivity contribution in [2.45, 2.75) is 57.7 Å². The van der Waals surface area contributed by atoms with E-state index in [9.17, 15) is 5.11 Å². The Morgan fingerprint density at radius 1 is 1.32 bits per heavy atom. The molecule has 1 atom stereocenters. The highest BCUT2D eigenvalue weighted by atomic mass is 16.5. The van der Waals surface area contributed by atoms with Crippen LogP contribution in [-0.4, -0.2) is 17.8 Å². The lowest BCUT2D eigenvalue weighted by atomic mass is 9.82. The molecule has 3 nitrogen and oxygen atoms in total. The molecule has 0 unspecified atom stereocenters. The molecule has 1 aliphatic heterocycles. The van der Waals surface area contributed by atoms with E-state index < -0.39 is 6.10 Å². The minimum atomic E-state index is -0.437. The van der Waals surface area contributed by atoms with E-state index in [-0.39, 0.29) is 5.60 Å². The highest BCUT2D eigenvalue weighted by Crippen LogP contribution is 2.44. The van der Waals surface area contributed by atoms with Crippen LogP contribution in [0.1, 0.15) is 57.6 Å². The standard InChI is InChI=1S/C16H24O3/c1-4-8-16(9-5-2)11-14(17)13-7-6-12(18-3)10-15(13)19-16/h6-7,10,14,17H,4-5,8-9,11H2,1-3H3/t14-/m0/s1. The van der Waals surface area contributed by atoms with Crippen LogP contribution in [-0.2, 0) is 0 Å². The average molecular weight is 264 g/mol. The molecule has 0 fully saturated rings. The highest BCUT2D eigenvalue weighted by Gasteiger charge is 2.39. The monoisotopic (exact) mass is 264 g/mol. The van der Waals surface area contributed by atoms with Crippen molar-refractivity contribution in [3.8, 4) is 11.5 Å². The lowest BCUT2D eigenvalue weighted by Crippen LogP contribution is -2.41. The van der Waals surface area contributed by atoms with Gasteiger partial charge >= 0.3 is 0 Å². The van der Waals surface area contributed by atoms with Crippen LogP contribution in [0.3, 0.4) is 0 Å². The molecule has 1 aromatic carbocycles. The summed E-state index contributed by atoms with van der Waals surface area (Å²) in [4.78, 5) is 0. The van der Waals surface area contributed by atoms with Gasteiger partial charge in [-0.15, -0.1) is 0 Å². The predicted molar refractivity (Wildman–Crippen MR) is 75.7 cm³/mol. The summed E-state index contributed by atoms with van der Waals surface area (Å²) >= 11 is 0. The molecule has 0 aliphatic carbocycles. The summed E-state index contributed by atoms with van der Waals surface area (Å²) in [6.45, 7) is 4.32. The van der Waals surface area contributed by atoms with Gasteiger partial charge in [0.1, 0.15) is 17.1 Å². The van der Waals surface area contributed by atoms with Crippen LogP contribution in [0.4, 0.5) is 0 Å². The molecule has 0 spiro atoms. The molecule has 0 aromatic heterocycles. The second-order valence-corrected chi connectivity index (χ2v) is 5.41. The van der Waals surface area contributed by atoms with Crippen molar-refractivity contribution in [1.82, 2.24) is 0 Å². The Kier molecular flexibility index (Phi) is 4.35. The zero-order chi connectivity index (χ0) is 13.9. The molecule has 1 aliphatic rings. The minimum absolute atomic E-state index is 0.220. The van der Waals surface area contributed by atoms with Crippen LogP contribution >= 0.6 is 0 Å². The van der Waals surface area contributed by atoms with Crippen molar-refractivity contribution in [3.05, 3.63) is 23.8 Å². The summed E-state index contributed by atoms with van der Waals surface area (Å²) in [5, 5.41) is 10.4. The average Bonchev–Trinajstić information content (AvgIpc) is 2.38. The van der Waals surface area contributed by atoms with Gasteiger partial charge in [0.05, 0.1) is 13.2 Å². The maximum absolute atomic E-state index is 10.4. The Morgan fingerprint density at radius 3 is 2.58 bits per heavy atom. The second kappa shape index (κ2) is 5.83. The summed E-state index contributed by atoms with van der Waals surface area (Å²) in [7, 11) is 1.65. The number of fused-ring (bicyclic) bond motifs is 1. The van der Waals surface area contributed by atoms with Crippen molar-refractivity contribution in [1.29, 1.82) is 0 Å². The Labute approximate surface area is 115 Å². The molecule has 1 N–H and O–H groups in total. The first-order valence-electron chi connectivity index (χ1n) is 7.19. The Balaban J connectivity index is 2.34. The first-order valence-corrected chi connectivity index (χ1v) is 7.19. The summed E-state index contributed by atoms with van der Waals surface area (Å²) in [6.07, 6.45) is 4.34. The summed E-state index contributed by atoms with van der Waals surface area (Å²) in [6, 6.07) is 5.66. The van der Waals surface area contributed by atoms with E-state index in [1.807, 2.05) is 18.2 Å². The van der Waals surface area contributed by atoms with Gasteiger partial charge in [0.2, 0.25) is 0 Å². The number of hydrogen-bond acceptors (Lipinski definition) is 3. The molecule has 0 radical (unpaired) electrons. The van der Waals surface area contributed by atoms with Crippen LogP contribution < -0.4 is 9.47 Å². The van der Waals surface area contributed by atoms with Crippen LogP contribution in [0.15, 0.2) is 18.2 Å². The van der Waals surface area contributed by atoms with Gasteiger partial charge in [-0.25, -0.2) is 0 Å². The second-order valence-electron chi connectivity index (χ2n) is 5.41. The number of aliphatic hydroxyl groups excluding tert-OH is 1. The lowest BCUT2D eigenvalue weighted by Gasteiger charge is -2.41. The first kappa shape index (κ1) is 14.2. The molecular formula is C16H24O3. The fourth-order valence-electron chi connectivity index (χ4n) is 3.09. The molecule has 1 heterocycles. The molecule has 0 saturated heterocycles. The fourth-order valence-corrected chi connectivity index (χ4v) is 3.09. The molecular weight excluding hydrogens is 240 g/mol. The molecule has 0 saturated carbocycles. The summed E-state index contributed by atoms with van der Waals surface area (Å²) < 4.78 is 11.5.